The Hall–Kier alpha value is -1.20. The molecule has 0 radical (unpaired) electrons. The van der Waals surface area contributed by atoms with E-state index < -0.39 is 10.1 Å². The first-order valence-corrected chi connectivity index (χ1v) is 13.6. The molecule has 4 fully saturated rings. The Morgan fingerprint density at radius 3 is 2.42 bits per heavy atom. The Kier molecular flexibility index (Phi) is 5.17. The first-order chi connectivity index (χ1) is 14.6. The standard InChI is InChI=1S/C26H36O4S/c1-17-4-7-20(8-5-17)31(28,29)30-19-12-14-25(2)18(16-19)6-9-21-22-10-11-24(27)26(22,3)15-13-23(21)25/h4-5,7-8,18-19,21-23H,6,9-16H2,1-3H3/t18-,19?,21?,22?,23?,25?,26?/m0/s1. The van der Waals surface area contributed by atoms with Crippen molar-refractivity contribution in [2.75, 3.05) is 0 Å². The lowest BCUT2D eigenvalue weighted by Crippen LogP contribution is -2.54. The number of ketones is 1. The second kappa shape index (κ2) is 7.41. The first kappa shape index (κ1) is 21.6. The van der Waals surface area contributed by atoms with Crippen molar-refractivity contribution in [2.45, 2.75) is 89.6 Å². The Balaban J connectivity index is 1.30. The molecule has 5 rings (SSSR count). The van der Waals surface area contributed by atoms with Crippen LogP contribution in [-0.2, 0) is 19.1 Å². The van der Waals surface area contributed by atoms with E-state index in [4.69, 9.17) is 4.18 Å². The van der Waals surface area contributed by atoms with Gasteiger partial charge in [-0.1, -0.05) is 31.5 Å². The van der Waals surface area contributed by atoms with Crippen LogP contribution in [0, 0.1) is 41.4 Å². The fourth-order valence-corrected chi connectivity index (χ4v) is 9.13. The minimum Gasteiger partial charge on any atom is -0.299 e. The van der Waals surface area contributed by atoms with E-state index in [-0.39, 0.29) is 21.8 Å². The number of fused-ring (bicyclic) bond motifs is 5. The normalized spacial score (nSPS) is 42.5. The maximum atomic E-state index is 12.8. The van der Waals surface area contributed by atoms with Crippen molar-refractivity contribution in [1.82, 2.24) is 0 Å². The third-order valence-corrected chi connectivity index (χ3v) is 11.3. The van der Waals surface area contributed by atoms with Crippen LogP contribution in [0.5, 0.6) is 0 Å². The molecule has 7 atom stereocenters. The zero-order chi connectivity index (χ0) is 22.0. The van der Waals surface area contributed by atoms with Gasteiger partial charge in [-0.3, -0.25) is 8.98 Å². The molecular formula is C26H36O4S. The summed E-state index contributed by atoms with van der Waals surface area (Å²) in [5.41, 5.74) is 1.22. The maximum absolute atomic E-state index is 12.8. The quantitative estimate of drug-likeness (QED) is 0.563. The minimum absolute atomic E-state index is 0.0766. The van der Waals surface area contributed by atoms with Gasteiger partial charge in [-0.05, 0) is 99.5 Å². The van der Waals surface area contributed by atoms with Crippen molar-refractivity contribution >= 4 is 15.9 Å². The summed E-state index contributed by atoms with van der Waals surface area (Å²) < 4.78 is 31.4. The number of carbonyl (C=O) groups is 1. The highest BCUT2D eigenvalue weighted by atomic mass is 32.2. The third-order valence-electron chi connectivity index (χ3n) is 9.90. The number of carbonyl (C=O) groups excluding carboxylic acids is 1. The lowest BCUT2D eigenvalue weighted by atomic mass is 9.45. The average molecular weight is 445 g/mol. The molecule has 0 bridgehead atoms. The predicted molar refractivity (Wildman–Crippen MR) is 120 cm³/mol. The molecule has 5 heteroatoms. The van der Waals surface area contributed by atoms with E-state index in [9.17, 15) is 13.2 Å². The van der Waals surface area contributed by atoms with E-state index in [1.165, 1.54) is 6.42 Å². The van der Waals surface area contributed by atoms with Gasteiger partial charge in [0.2, 0.25) is 0 Å². The Morgan fingerprint density at radius 2 is 1.68 bits per heavy atom. The second-order valence-electron chi connectivity index (χ2n) is 11.3. The smallest absolute Gasteiger partial charge is 0.297 e. The summed E-state index contributed by atoms with van der Waals surface area (Å²) in [7, 11) is -3.72. The number of aryl methyl sites for hydroxylation is 1. The molecule has 4 aliphatic rings. The van der Waals surface area contributed by atoms with Gasteiger partial charge >= 0.3 is 0 Å². The van der Waals surface area contributed by atoms with Crippen molar-refractivity contribution in [1.29, 1.82) is 0 Å². The SMILES string of the molecule is Cc1ccc(S(=O)(=O)OC2CCC3(C)C4CCC5(C)C(=O)CCC5C4CC[C@H]3C2)cc1. The van der Waals surface area contributed by atoms with E-state index in [1.54, 1.807) is 12.1 Å². The molecule has 1 aromatic carbocycles. The zero-order valence-electron chi connectivity index (χ0n) is 19.1. The molecular weight excluding hydrogens is 408 g/mol. The Morgan fingerprint density at radius 1 is 0.935 bits per heavy atom. The lowest BCUT2D eigenvalue weighted by Gasteiger charge is -2.60. The average Bonchev–Trinajstić information content (AvgIpc) is 3.03. The predicted octanol–water partition coefficient (Wildman–Crippen LogP) is 5.68. The Labute approximate surface area is 187 Å². The van der Waals surface area contributed by atoms with Gasteiger partial charge in [0.05, 0.1) is 11.0 Å². The molecule has 0 heterocycles. The van der Waals surface area contributed by atoms with Crippen molar-refractivity contribution in [3.8, 4) is 0 Å². The maximum Gasteiger partial charge on any atom is 0.297 e. The van der Waals surface area contributed by atoms with Crippen LogP contribution in [0.4, 0.5) is 0 Å². The summed E-state index contributed by atoms with van der Waals surface area (Å²) in [6, 6.07) is 6.93. The van der Waals surface area contributed by atoms with Gasteiger partial charge in [0.1, 0.15) is 5.78 Å². The molecule has 0 aromatic heterocycles. The van der Waals surface area contributed by atoms with Gasteiger partial charge in [-0.2, -0.15) is 8.42 Å². The minimum atomic E-state index is -3.72. The van der Waals surface area contributed by atoms with Gasteiger partial charge in [-0.25, -0.2) is 0 Å². The van der Waals surface area contributed by atoms with Crippen molar-refractivity contribution in [3.05, 3.63) is 29.8 Å². The highest BCUT2D eigenvalue weighted by Crippen LogP contribution is 2.65. The van der Waals surface area contributed by atoms with Crippen LogP contribution in [0.2, 0.25) is 0 Å². The molecule has 0 N–H and O–H groups in total. The summed E-state index contributed by atoms with van der Waals surface area (Å²) in [5.74, 6) is 2.92. The summed E-state index contributed by atoms with van der Waals surface area (Å²) >= 11 is 0. The molecule has 4 saturated carbocycles. The van der Waals surface area contributed by atoms with Crippen molar-refractivity contribution in [3.63, 3.8) is 0 Å². The van der Waals surface area contributed by atoms with E-state index in [0.717, 1.165) is 56.9 Å². The van der Waals surface area contributed by atoms with Crippen LogP contribution in [0.3, 0.4) is 0 Å². The molecule has 0 spiro atoms. The lowest BCUT2D eigenvalue weighted by molar-refractivity contribution is -0.141. The number of Topliss-reactive ketones (excluding diaryl/α,β-unsaturated/α-hetero) is 1. The molecule has 1 aromatic rings. The van der Waals surface area contributed by atoms with Gasteiger partial charge in [-0.15, -0.1) is 0 Å². The van der Waals surface area contributed by atoms with Gasteiger partial charge in [0, 0.05) is 11.8 Å². The summed E-state index contributed by atoms with van der Waals surface area (Å²) in [4.78, 5) is 12.9. The number of benzene rings is 1. The topological polar surface area (TPSA) is 60.4 Å². The molecule has 4 nitrogen and oxygen atoms in total. The first-order valence-electron chi connectivity index (χ1n) is 12.2. The fourth-order valence-electron chi connectivity index (χ4n) is 8.02. The molecule has 4 aliphatic carbocycles. The third kappa shape index (κ3) is 3.42. The summed E-state index contributed by atoms with van der Waals surface area (Å²) in [5, 5.41) is 0. The molecule has 170 valence electrons. The Bertz CT molecular complexity index is 968. The van der Waals surface area contributed by atoms with E-state index in [2.05, 4.69) is 13.8 Å². The molecule has 31 heavy (non-hydrogen) atoms. The summed E-state index contributed by atoms with van der Waals surface area (Å²) in [6.45, 7) is 6.64. The van der Waals surface area contributed by atoms with Crippen molar-refractivity contribution < 1.29 is 17.4 Å². The number of hydrogen-bond donors (Lipinski definition) is 0. The van der Waals surface area contributed by atoms with Gasteiger partial charge in [0.25, 0.3) is 10.1 Å². The van der Waals surface area contributed by atoms with E-state index in [0.29, 0.717) is 29.5 Å². The van der Waals surface area contributed by atoms with Gasteiger partial charge in [0.15, 0.2) is 0 Å². The largest absolute Gasteiger partial charge is 0.299 e. The molecule has 0 amide bonds. The number of hydrogen-bond acceptors (Lipinski definition) is 4. The van der Waals surface area contributed by atoms with E-state index in [1.807, 2.05) is 19.1 Å². The molecule has 0 saturated heterocycles. The second-order valence-corrected chi connectivity index (χ2v) is 12.9. The van der Waals surface area contributed by atoms with E-state index >= 15 is 0 Å². The molecule has 0 aliphatic heterocycles. The summed E-state index contributed by atoms with van der Waals surface area (Å²) in [6.07, 6.45) is 8.85. The van der Waals surface area contributed by atoms with Gasteiger partial charge < -0.3 is 0 Å². The van der Waals surface area contributed by atoms with Crippen LogP contribution in [-0.4, -0.2) is 20.3 Å². The highest BCUT2D eigenvalue weighted by molar-refractivity contribution is 7.86. The van der Waals surface area contributed by atoms with Crippen LogP contribution in [0.15, 0.2) is 29.2 Å². The van der Waals surface area contributed by atoms with Crippen LogP contribution >= 0.6 is 0 Å². The fraction of sp³-hybridized carbons (Fsp3) is 0.731. The van der Waals surface area contributed by atoms with Crippen LogP contribution in [0.1, 0.15) is 77.2 Å². The van der Waals surface area contributed by atoms with Crippen LogP contribution < -0.4 is 0 Å². The number of rotatable bonds is 3. The highest BCUT2D eigenvalue weighted by Gasteiger charge is 2.60. The van der Waals surface area contributed by atoms with Crippen LogP contribution in [0.25, 0.3) is 0 Å². The monoisotopic (exact) mass is 444 g/mol. The molecule has 6 unspecified atom stereocenters. The zero-order valence-corrected chi connectivity index (χ0v) is 19.9. The van der Waals surface area contributed by atoms with Crippen molar-refractivity contribution in [2.24, 2.45) is 34.5 Å².